The van der Waals surface area contributed by atoms with Crippen molar-refractivity contribution in [2.24, 2.45) is 4.99 Å². The van der Waals surface area contributed by atoms with E-state index in [1.165, 1.54) is 12.1 Å². The first-order valence-corrected chi connectivity index (χ1v) is 9.35. The monoisotopic (exact) mass is 401 g/mol. The lowest BCUT2D eigenvalue weighted by molar-refractivity contribution is -0.122. The van der Waals surface area contributed by atoms with Crippen molar-refractivity contribution in [1.82, 2.24) is 10.3 Å². The zero-order valence-corrected chi connectivity index (χ0v) is 16.4. The summed E-state index contributed by atoms with van der Waals surface area (Å²) in [5.74, 6) is -0.131. The third-order valence-electron chi connectivity index (χ3n) is 4.57. The van der Waals surface area contributed by atoms with Crippen LogP contribution in [0.15, 0.2) is 41.5 Å². The van der Waals surface area contributed by atoms with Gasteiger partial charge in [0.05, 0.1) is 43.0 Å². The largest absolute Gasteiger partial charge is 0.475 e. The number of rotatable bonds is 8. The predicted molar refractivity (Wildman–Crippen MR) is 105 cm³/mol. The van der Waals surface area contributed by atoms with Crippen LogP contribution in [0, 0.1) is 5.82 Å². The fourth-order valence-corrected chi connectivity index (χ4v) is 3.10. The van der Waals surface area contributed by atoms with E-state index < -0.39 is 12.1 Å². The van der Waals surface area contributed by atoms with Crippen LogP contribution in [0.2, 0.25) is 0 Å². The number of ether oxygens (including phenoxy) is 2. The van der Waals surface area contributed by atoms with Crippen molar-refractivity contribution in [2.75, 3.05) is 20.3 Å². The second kappa shape index (κ2) is 9.58. The van der Waals surface area contributed by atoms with Gasteiger partial charge in [-0.25, -0.2) is 9.38 Å². The number of hydrogen-bond acceptors (Lipinski definition) is 6. The molecule has 0 fully saturated rings. The minimum atomic E-state index is -0.836. The van der Waals surface area contributed by atoms with E-state index in [0.29, 0.717) is 36.9 Å². The molecule has 0 aliphatic carbocycles. The number of nitrogens with one attached hydrogen (secondary N) is 1. The second-order valence-corrected chi connectivity index (χ2v) is 6.81. The Morgan fingerprint density at radius 3 is 2.76 bits per heavy atom. The van der Waals surface area contributed by atoms with Crippen LogP contribution in [0.4, 0.5) is 4.39 Å². The summed E-state index contributed by atoms with van der Waals surface area (Å²) in [4.78, 5) is 21.2. The van der Waals surface area contributed by atoms with E-state index >= 15 is 0 Å². The number of nitrogens with zero attached hydrogens (tertiary/aromatic N) is 2. The number of amides is 1. The van der Waals surface area contributed by atoms with E-state index in [1.54, 1.807) is 32.4 Å². The number of methoxy groups -OCH3 is 1. The summed E-state index contributed by atoms with van der Waals surface area (Å²) in [5.41, 5.74) is 2.99. The molecular weight excluding hydrogens is 377 g/mol. The molecule has 1 amide bonds. The van der Waals surface area contributed by atoms with Gasteiger partial charge in [-0.05, 0) is 36.2 Å². The molecule has 1 aliphatic rings. The highest BCUT2D eigenvalue weighted by Gasteiger charge is 2.22. The number of aromatic nitrogens is 1. The average molecular weight is 401 g/mol. The van der Waals surface area contributed by atoms with Gasteiger partial charge in [0.1, 0.15) is 12.4 Å². The zero-order chi connectivity index (χ0) is 20.8. The fourth-order valence-electron chi connectivity index (χ4n) is 3.10. The maximum absolute atomic E-state index is 13.1. The SMILES string of the molecule is COCCOC1=NCc2cc(CC(=O)N[C@@H](c3ccc(F)cc3)[C@@H](C)O)ncc21. The quantitative estimate of drug-likeness (QED) is 0.660. The number of benzene rings is 1. The predicted octanol–water partition coefficient (Wildman–Crippen LogP) is 1.92. The Labute approximate surface area is 168 Å². The van der Waals surface area contributed by atoms with Crippen LogP contribution < -0.4 is 5.32 Å². The Morgan fingerprint density at radius 2 is 2.07 bits per heavy atom. The van der Waals surface area contributed by atoms with Crippen LogP contribution in [0.25, 0.3) is 0 Å². The van der Waals surface area contributed by atoms with Gasteiger partial charge in [-0.3, -0.25) is 9.78 Å². The molecule has 2 atom stereocenters. The molecule has 29 heavy (non-hydrogen) atoms. The lowest BCUT2D eigenvalue weighted by Gasteiger charge is -2.22. The zero-order valence-electron chi connectivity index (χ0n) is 16.4. The maximum Gasteiger partial charge on any atom is 0.226 e. The molecule has 2 heterocycles. The Hall–Kier alpha value is -2.84. The molecule has 0 unspecified atom stereocenters. The Kier molecular flexibility index (Phi) is 6.90. The van der Waals surface area contributed by atoms with Crippen molar-refractivity contribution in [3.8, 4) is 0 Å². The molecule has 8 heteroatoms. The minimum absolute atomic E-state index is 0.0531. The van der Waals surface area contributed by atoms with Crippen LogP contribution in [-0.4, -0.2) is 48.3 Å². The van der Waals surface area contributed by atoms with Gasteiger partial charge in [0.25, 0.3) is 0 Å². The Bertz CT molecular complexity index is 884. The van der Waals surface area contributed by atoms with E-state index in [9.17, 15) is 14.3 Å². The summed E-state index contributed by atoms with van der Waals surface area (Å²) >= 11 is 0. The standard InChI is InChI=1S/C21H24FN3O4/c1-13(26)20(14-3-5-16(22)6-4-14)25-19(27)10-17-9-15-11-24-21(18(15)12-23-17)29-8-7-28-2/h3-6,9,12-13,20,26H,7-8,10-11H2,1-2H3,(H,25,27)/t13-,20-/m1/s1. The van der Waals surface area contributed by atoms with Crippen molar-refractivity contribution in [3.63, 3.8) is 0 Å². The molecule has 0 saturated carbocycles. The van der Waals surface area contributed by atoms with Gasteiger partial charge in [0.2, 0.25) is 11.8 Å². The van der Waals surface area contributed by atoms with Crippen molar-refractivity contribution in [1.29, 1.82) is 0 Å². The summed E-state index contributed by atoms with van der Waals surface area (Å²) in [7, 11) is 1.60. The van der Waals surface area contributed by atoms with Crippen LogP contribution in [-0.2, 0) is 27.2 Å². The molecule has 2 aromatic rings. The van der Waals surface area contributed by atoms with E-state index in [-0.39, 0.29) is 18.1 Å². The summed E-state index contributed by atoms with van der Waals surface area (Å²) in [6.45, 7) is 2.92. The normalized spacial score (nSPS) is 14.7. The summed E-state index contributed by atoms with van der Waals surface area (Å²) in [6.07, 6.45) is 0.873. The first-order valence-electron chi connectivity index (χ1n) is 9.35. The number of pyridine rings is 1. The molecule has 1 aromatic heterocycles. The minimum Gasteiger partial charge on any atom is -0.475 e. The van der Waals surface area contributed by atoms with Gasteiger partial charge in [-0.1, -0.05) is 12.1 Å². The molecule has 0 spiro atoms. The molecule has 0 saturated heterocycles. The number of fused-ring (bicyclic) bond motifs is 1. The van der Waals surface area contributed by atoms with Gasteiger partial charge >= 0.3 is 0 Å². The van der Waals surface area contributed by atoms with Gasteiger partial charge in [-0.15, -0.1) is 0 Å². The lowest BCUT2D eigenvalue weighted by Crippen LogP contribution is -2.36. The van der Waals surface area contributed by atoms with E-state index in [1.807, 2.05) is 6.07 Å². The highest BCUT2D eigenvalue weighted by Crippen LogP contribution is 2.21. The lowest BCUT2D eigenvalue weighted by atomic mass is 10.0. The van der Waals surface area contributed by atoms with Gasteiger partial charge in [-0.2, -0.15) is 0 Å². The smallest absolute Gasteiger partial charge is 0.226 e. The van der Waals surface area contributed by atoms with Crippen LogP contribution in [0.1, 0.15) is 35.3 Å². The highest BCUT2D eigenvalue weighted by molar-refractivity contribution is 5.97. The first-order chi connectivity index (χ1) is 14.0. The summed E-state index contributed by atoms with van der Waals surface area (Å²) in [5, 5.41) is 12.8. The number of aliphatic hydroxyl groups excluding tert-OH is 1. The number of carbonyl (C=O) groups is 1. The van der Waals surface area contributed by atoms with Crippen LogP contribution >= 0.6 is 0 Å². The van der Waals surface area contributed by atoms with Crippen molar-refractivity contribution in [2.45, 2.75) is 32.0 Å². The molecule has 0 radical (unpaired) electrons. The maximum atomic E-state index is 13.1. The molecule has 2 N–H and O–H groups in total. The van der Waals surface area contributed by atoms with E-state index in [4.69, 9.17) is 9.47 Å². The van der Waals surface area contributed by atoms with Crippen molar-refractivity contribution < 1.29 is 23.8 Å². The third kappa shape index (κ3) is 5.36. The molecule has 0 bridgehead atoms. The van der Waals surface area contributed by atoms with Gasteiger partial charge in [0, 0.05) is 13.3 Å². The van der Waals surface area contributed by atoms with Gasteiger partial charge < -0.3 is 19.9 Å². The summed E-state index contributed by atoms with van der Waals surface area (Å²) in [6, 6.07) is 6.88. The first kappa shape index (κ1) is 20.9. The van der Waals surface area contributed by atoms with E-state index in [2.05, 4.69) is 15.3 Å². The van der Waals surface area contributed by atoms with E-state index in [0.717, 1.165) is 11.1 Å². The summed E-state index contributed by atoms with van der Waals surface area (Å²) < 4.78 is 23.7. The Morgan fingerprint density at radius 1 is 1.31 bits per heavy atom. The topological polar surface area (TPSA) is 93.0 Å². The number of aliphatic hydroxyl groups is 1. The molecule has 154 valence electrons. The average Bonchev–Trinajstić information content (AvgIpc) is 3.09. The fraction of sp³-hybridized carbons (Fsp3) is 0.381. The number of halogens is 1. The van der Waals surface area contributed by atoms with Crippen LogP contribution in [0.5, 0.6) is 0 Å². The second-order valence-electron chi connectivity index (χ2n) is 6.81. The van der Waals surface area contributed by atoms with Gasteiger partial charge in [0.15, 0.2) is 0 Å². The third-order valence-corrected chi connectivity index (χ3v) is 4.57. The molecular formula is C21H24FN3O4. The van der Waals surface area contributed by atoms with Crippen molar-refractivity contribution in [3.05, 3.63) is 64.7 Å². The van der Waals surface area contributed by atoms with Crippen molar-refractivity contribution >= 4 is 11.8 Å². The molecule has 1 aromatic carbocycles. The Balaban J connectivity index is 1.63. The molecule has 7 nitrogen and oxygen atoms in total. The van der Waals surface area contributed by atoms with Crippen LogP contribution in [0.3, 0.4) is 0 Å². The number of hydrogen-bond donors (Lipinski definition) is 2. The molecule has 1 aliphatic heterocycles. The number of carbonyl (C=O) groups excluding carboxylic acids is 1. The molecule has 3 rings (SSSR count). The highest BCUT2D eigenvalue weighted by atomic mass is 19.1. The number of aliphatic imine (C=N–C) groups is 1.